The van der Waals surface area contributed by atoms with Crippen molar-refractivity contribution in [3.8, 4) is 11.6 Å². The fourth-order valence-electron chi connectivity index (χ4n) is 3.72. The molecule has 0 saturated heterocycles. The van der Waals surface area contributed by atoms with Crippen LogP contribution in [0.2, 0.25) is 5.02 Å². The van der Waals surface area contributed by atoms with Crippen LogP contribution in [0.4, 0.5) is 10.1 Å². The normalized spacial score (nSPS) is 10.9. The fourth-order valence-corrected chi connectivity index (χ4v) is 3.91. The average molecular weight is 517 g/mol. The third-order valence-electron chi connectivity index (χ3n) is 5.49. The molecule has 2 N–H and O–H groups in total. The molecule has 0 spiro atoms. The molecule has 0 radical (unpaired) electrons. The number of aromatic amines is 1. The van der Waals surface area contributed by atoms with Gasteiger partial charge in [-0.05, 0) is 48.0 Å². The summed E-state index contributed by atoms with van der Waals surface area (Å²) in [5.41, 5.74) is 2.78. The second-order valence-corrected chi connectivity index (χ2v) is 8.53. The van der Waals surface area contributed by atoms with Crippen molar-refractivity contribution in [3.05, 3.63) is 113 Å². The smallest absolute Gasteiger partial charge is 0.274 e. The van der Waals surface area contributed by atoms with Gasteiger partial charge in [-0.15, -0.1) is 0 Å². The highest BCUT2D eigenvalue weighted by Crippen LogP contribution is 2.23. The van der Waals surface area contributed by atoms with Gasteiger partial charge in [0.15, 0.2) is 0 Å². The Bertz CT molecular complexity index is 1560. The molecule has 0 aliphatic carbocycles. The lowest BCUT2D eigenvalue weighted by Gasteiger charge is -2.10. The summed E-state index contributed by atoms with van der Waals surface area (Å²) in [5, 5.41) is 3.36. The summed E-state index contributed by atoms with van der Waals surface area (Å²) in [7, 11) is 0. The van der Waals surface area contributed by atoms with Crippen molar-refractivity contribution in [1.82, 2.24) is 15.0 Å². The van der Waals surface area contributed by atoms with Gasteiger partial charge >= 0.3 is 0 Å². The standard InChI is InChI=1S/C28H22ClFN4O3/c29-20-7-2-4-10-25(20)36-14-15-37-27-11-5-9-23(34-27)28(35)31-19-12-13-22-24(17-19)33-26(32-22)16-18-6-1-3-8-21(18)30/h1-13,17H,14-16H2,(H,31,35)(H,32,33). The van der Waals surface area contributed by atoms with E-state index in [4.69, 9.17) is 21.1 Å². The van der Waals surface area contributed by atoms with E-state index in [1.54, 1.807) is 66.7 Å². The summed E-state index contributed by atoms with van der Waals surface area (Å²) in [6.07, 6.45) is 0.336. The van der Waals surface area contributed by atoms with Crippen molar-refractivity contribution >= 4 is 34.2 Å². The topological polar surface area (TPSA) is 89.1 Å². The van der Waals surface area contributed by atoms with Gasteiger partial charge in [0.25, 0.3) is 5.91 Å². The zero-order valence-electron chi connectivity index (χ0n) is 19.6. The fraction of sp³-hybridized carbons (Fsp3) is 0.107. The van der Waals surface area contributed by atoms with Crippen LogP contribution in [-0.2, 0) is 6.42 Å². The second kappa shape index (κ2) is 11.1. The maximum absolute atomic E-state index is 14.0. The van der Waals surface area contributed by atoms with Crippen LogP contribution in [0.1, 0.15) is 21.9 Å². The molecule has 0 atom stereocenters. The van der Waals surface area contributed by atoms with Crippen molar-refractivity contribution < 1.29 is 18.7 Å². The van der Waals surface area contributed by atoms with E-state index in [9.17, 15) is 9.18 Å². The summed E-state index contributed by atoms with van der Waals surface area (Å²) in [5.74, 6) is 0.846. The predicted octanol–water partition coefficient (Wildman–Crippen LogP) is 6.05. The molecule has 2 aromatic heterocycles. The number of para-hydroxylation sites is 1. The van der Waals surface area contributed by atoms with Gasteiger partial charge in [-0.3, -0.25) is 4.79 Å². The minimum Gasteiger partial charge on any atom is -0.488 e. The van der Waals surface area contributed by atoms with Crippen LogP contribution in [0, 0.1) is 5.82 Å². The minimum atomic E-state index is -0.386. The molecule has 5 rings (SSSR count). The molecule has 0 aliphatic heterocycles. The number of hydrogen-bond acceptors (Lipinski definition) is 5. The number of ether oxygens (including phenoxy) is 2. The Kier molecular flexibility index (Phi) is 7.28. The van der Waals surface area contributed by atoms with Gasteiger partial charge in [0.05, 0.1) is 16.1 Å². The molecular formula is C28H22ClFN4O3. The molecule has 186 valence electrons. The number of aromatic nitrogens is 3. The Morgan fingerprint density at radius 2 is 1.73 bits per heavy atom. The van der Waals surface area contributed by atoms with Crippen molar-refractivity contribution in [1.29, 1.82) is 0 Å². The summed E-state index contributed by atoms with van der Waals surface area (Å²) in [4.78, 5) is 24.8. The van der Waals surface area contributed by atoms with Crippen molar-refractivity contribution in [2.45, 2.75) is 6.42 Å². The van der Waals surface area contributed by atoms with E-state index in [0.717, 1.165) is 11.0 Å². The number of pyridine rings is 1. The molecule has 37 heavy (non-hydrogen) atoms. The van der Waals surface area contributed by atoms with Crippen LogP contribution >= 0.6 is 11.6 Å². The summed E-state index contributed by atoms with van der Waals surface area (Å²) in [6, 6.07) is 24.0. The minimum absolute atomic E-state index is 0.203. The quantitative estimate of drug-likeness (QED) is 0.233. The average Bonchev–Trinajstić information content (AvgIpc) is 3.31. The number of halogens is 2. The molecule has 0 fully saturated rings. The number of nitrogens with zero attached hydrogens (tertiary/aromatic N) is 2. The number of imidazole rings is 1. The molecule has 0 unspecified atom stereocenters. The number of H-pyrrole nitrogens is 1. The maximum Gasteiger partial charge on any atom is 0.274 e. The van der Waals surface area contributed by atoms with Gasteiger partial charge in [-0.25, -0.2) is 14.4 Å². The van der Waals surface area contributed by atoms with Crippen molar-refractivity contribution in [2.24, 2.45) is 0 Å². The molecule has 3 aromatic carbocycles. The molecule has 7 nitrogen and oxygen atoms in total. The van der Waals surface area contributed by atoms with Gasteiger partial charge in [0.2, 0.25) is 5.88 Å². The molecular weight excluding hydrogens is 495 g/mol. The Balaban J connectivity index is 1.19. The Morgan fingerprint density at radius 3 is 2.59 bits per heavy atom. The number of benzene rings is 3. The zero-order valence-corrected chi connectivity index (χ0v) is 20.3. The first-order valence-corrected chi connectivity index (χ1v) is 11.9. The monoisotopic (exact) mass is 516 g/mol. The van der Waals surface area contributed by atoms with Gasteiger partial charge in [0.1, 0.15) is 36.3 Å². The number of rotatable bonds is 9. The highest BCUT2D eigenvalue weighted by Gasteiger charge is 2.12. The van der Waals surface area contributed by atoms with Gasteiger partial charge in [-0.1, -0.05) is 48.0 Å². The third-order valence-corrected chi connectivity index (χ3v) is 5.80. The van der Waals surface area contributed by atoms with Gasteiger partial charge < -0.3 is 19.8 Å². The third kappa shape index (κ3) is 6.05. The molecule has 2 heterocycles. The Labute approximate surface area is 217 Å². The Hall–Kier alpha value is -4.43. The summed E-state index contributed by atoms with van der Waals surface area (Å²) in [6.45, 7) is 0.500. The number of fused-ring (bicyclic) bond motifs is 1. The Morgan fingerprint density at radius 1 is 0.919 bits per heavy atom. The van der Waals surface area contributed by atoms with E-state index in [-0.39, 0.29) is 30.6 Å². The number of carbonyl (C=O) groups is 1. The summed E-state index contributed by atoms with van der Waals surface area (Å²) < 4.78 is 25.2. The lowest BCUT2D eigenvalue weighted by molar-refractivity contribution is 0.102. The molecule has 5 aromatic rings. The largest absolute Gasteiger partial charge is 0.488 e. The van der Waals surface area contributed by atoms with Crippen LogP contribution in [0.25, 0.3) is 11.0 Å². The van der Waals surface area contributed by atoms with Crippen LogP contribution < -0.4 is 14.8 Å². The van der Waals surface area contributed by atoms with Gasteiger partial charge in [0, 0.05) is 18.2 Å². The summed E-state index contributed by atoms with van der Waals surface area (Å²) >= 11 is 6.07. The molecule has 9 heteroatoms. The van der Waals surface area contributed by atoms with Crippen LogP contribution in [0.5, 0.6) is 11.6 Å². The zero-order chi connectivity index (χ0) is 25.6. The van der Waals surface area contributed by atoms with E-state index < -0.39 is 0 Å². The predicted molar refractivity (Wildman–Crippen MR) is 140 cm³/mol. The lowest BCUT2D eigenvalue weighted by Crippen LogP contribution is -2.15. The van der Waals surface area contributed by atoms with Crippen molar-refractivity contribution in [2.75, 3.05) is 18.5 Å². The molecule has 0 aliphatic rings. The molecule has 0 saturated carbocycles. The SMILES string of the molecule is O=C(Nc1ccc2nc(Cc3ccccc3F)[nH]c2c1)c1cccc(OCCOc2ccccc2Cl)n1. The van der Waals surface area contributed by atoms with Crippen molar-refractivity contribution in [3.63, 3.8) is 0 Å². The lowest BCUT2D eigenvalue weighted by atomic mass is 10.1. The highest BCUT2D eigenvalue weighted by atomic mass is 35.5. The number of anilines is 1. The van der Waals surface area contributed by atoms with E-state index in [2.05, 4.69) is 20.3 Å². The van der Waals surface area contributed by atoms with Crippen LogP contribution in [-0.4, -0.2) is 34.1 Å². The molecule has 0 bridgehead atoms. The van der Waals surface area contributed by atoms with Gasteiger partial charge in [-0.2, -0.15) is 0 Å². The van der Waals surface area contributed by atoms with E-state index in [1.165, 1.54) is 6.07 Å². The first kappa shape index (κ1) is 24.3. The number of carbonyl (C=O) groups excluding carboxylic acids is 1. The highest BCUT2D eigenvalue weighted by molar-refractivity contribution is 6.32. The number of amides is 1. The number of hydrogen-bond donors (Lipinski definition) is 2. The first-order chi connectivity index (χ1) is 18.0. The maximum atomic E-state index is 14.0. The van der Waals surface area contributed by atoms with E-state index >= 15 is 0 Å². The molecule has 1 amide bonds. The van der Waals surface area contributed by atoms with Crippen LogP contribution in [0.3, 0.4) is 0 Å². The second-order valence-electron chi connectivity index (χ2n) is 8.13. The number of nitrogens with one attached hydrogen (secondary N) is 2. The first-order valence-electron chi connectivity index (χ1n) is 11.6. The van der Waals surface area contributed by atoms with E-state index in [0.29, 0.717) is 40.1 Å². The van der Waals surface area contributed by atoms with E-state index in [1.807, 2.05) is 12.1 Å². The van der Waals surface area contributed by atoms with Crippen LogP contribution in [0.15, 0.2) is 84.9 Å².